The lowest BCUT2D eigenvalue weighted by atomic mass is 10.1. The van der Waals surface area contributed by atoms with Crippen molar-refractivity contribution >= 4 is 11.3 Å². The second-order valence-electron chi connectivity index (χ2n) is 9.89. The number of pyridine rings is 1. The van der Waals surface area contributed by atoms with Crippen LogP contribution < -0.4 is 10.3 Å². The Labute approximate surface area is 247 Å². The molecule has 0 N–H and O–H groups in total. The van der Waals surface area contributed by atoms with Gasteiger partial charge in [0, 0.05) is 28.6 Å². The van der Waals surface area contributed by atoms with Gasteiger partial charge in [0.2, 0.25) is 0 Å². The number of hydrogen-bond donors (Lipinski definition) is 0. The molecule has 0 amide bonds. The molecule has 0 aliphatic heterocycles. The molecule has 6 rings (SSSR count). The van der Waals surface area contributed by atoms with E-state index in [4.69, 9.17) is 9.72 Å². The molecule has 3 heterocycles. The molecular weight excluding hydrogens is 545 g/mol. The molecule has 0 radical (unpaired) electrons. The van der Waals surface area contributed by atoms with Crippen molar-refractivity contribution in [1.29, 1.82) is 0 Å². The molecular formula is C35H28FN3O2S. The molecule has 0 bridgehead atoms. The highest BCUT2D eigenvalue weighted by molar-refractivity contribution is 7.14. The third kappa shape index (κ3) is 5.78. The molecule has 0 spiro atoms. The third-order valence-electron chi connectivity index (χ3n) is 7.06. The molecule has 0 fully saturated rings. The highest BCUT2D eigenvalue weighted by Gasteiger charge is 2.22. The summed E-state index contributed by atoms with van der Waals surface area (Å²) in [5, 5.41) is 2.00. The summed E-state index contributed by atoms with van der Waals surface area (Å²) in [6, 6.07) is 32.1. The predicted molar refractivity (Wildman–Crippen MR) is 166 cm³/mol. The molecule has 7 heteroatoms. The number of aromatic nitrogens is 3. The number of para-hydroxylation sites is 1. The van der Waals surface area contributed by atoms with E-state index >= 15 is 4.39 Å². The van der Waals surface area contributed by atoms with E-state index in [1.807, 2.05) is 97.2 Å². The smallest absolute Gasteiger partial charge is 0.262 e. The van der Waals surface area contributed by atoms with Crippen LogP contribution in [0.5, 0.6) is 5.75 Å². The van der Waals surface area contributed by atoms with Crippen molar-refractivity contribution in [2.75, 3.05) is 0 Å². The van der Waals surface area contributed by atoms with Gasteiger partial charge in [0.15, 0.2) is 11.6 Å². The Morgan fingerprint density at radius 2 is 1.62 bits per heavy atom. The molecule has 208 valence electrons. The van der Waals surface area contributed by atoms with Gasteiger partial charge in [-0.1, -0.05) is 72.8 Å². The number of aryl methyl sites for hydroxylation is 2. The number of thiophene rings is 1. The summed E-state index contributed by atoms with van der Waals surface area (Å²) in [4.78, 5) is 24.5. The lowest BCUT2D eigenvalue weighted by Crippen LogP contribution is -2.27. The fourth-order valence-electron chi connectivity index (χ4n) is 4.94. The predicted octanol–water partition coefficient (Wildman–Crippen LogP) is 7.97. The van der Waals surface area contributed by atoms with Crippen LogP contribution >= 0.6 is 11.3 Å². The van der Waals surface area contributed by atoms with Gasteiger partial charge in [0.25, 0.3) is 5.56 Å². The number of benzene rings is 3. The van der Waals surface area contributed by atoms with Gasteiger partial charge in [-0.2, -0.15) is 0 Å². The molecule has 0 aliphatic rings. The van der Waals surface area contributed by atoms with Crippen LogP contribution in [0.4, 0.5) is 4.39 Å². The van der Waals surface area contributed by atoms with Crippen molar-refractivity contribution in [2.24, 2.45) is 0 Å². The van der Waals surface area contributed by atoms with Crippen LogP contribution in [-0.4, -0.2) is 14.5 Å². The molecule has 0 atom stereocenters. The van der Waals surface area contributed by atoms with E-state index in [2.05, 4.69) is 4.98 Å². The average molecular weight is 574 g/mol. The maximum absolute atomic E-state index is 15.3. The van der Waals surface area contributed by atoms with Crippen molar-refractivity contribution in [3.63, 3.8) is 0 Å². The van der Waals surface area contributed by atoms with Crippen LogP contribution in [0.1, 0.15) is 16.8 Å². The fraction of sp³-hybridized carbons (Fsp3) is 0.114. The van der Waals surface area contributed by atoms with Crippen LogP contribution in [0.3, 0.4) is 0 Å². The molecule has 0 aliphatic carbocycles. The van der Waals surface area contributed by atoms with Crippen LogP contribution in [0.15, 0.2) is 119 Å². The SMILES string of the molecule is Cc1nc(-c2cccc(F)c2OCc2ccccc2)n(CCc2ccccc2)c(=O)c1-c1cc(-c2ccccn2)cs1. The van der Waals surface area contributed by atoms with Crippen molar-refractivity contribution in [3.8, 4) is 38.8 Å². The average Bonchev–Trinajstić information content (AvgIpc) is 3.51. The number of ether oxygens (including phenoxy) is 1. The first-order chi connectivity index (χ1) is 20.6. The Morgan fingerprint density at radius 3 is 2.36 bits per heavy atom. The molecule has 3 aromatic heterocycles. The van der Waals surface area contributed by atoms with Crippen molar-refractivity contribution in [3.05, 3.63) is 148 Å². The molecule has 0 saturated carbocycles. The zero-order valence-electron chi connectivity index (χ0n) is 23.0. The molecule has 0 saturated heterocycles. The van der Waals surface area contributed by atoms with Gasteiger partial charge < -0.3 is 4.74 Å². The molecule has 6 aromatic rings. The number of hydrogen-bond acceptors (Lipinski definition) is 5. The van der Waals surface area contributed by atoms with Crippen LogP contribution in [-0.2, 0) is 19.6 Å². The Hall–Kier alpha value is -4.88. The van der Waals surface area contributed by atoms with E-state index in [-0.39, 0.29) is 17.9 Å². The van der Waals surface area contributed by atoms with Crippen LogP contribution in [0.25, 0.3) is 33.1 Å². The van der Waals surface area contributed by atoms with Crippen molar-refractivity contribution in [1.82, 2.24) is 14.5 Å². The second kappa shape index (κ2) is 12.3. The summed E-state index contributed by atoms with van der Waals surface area (Å²) >= 11 is 1.48. The van der Waals surface area contributed by atoms with E-state index in [1.165, 1.54) is 17.4 Å². The number of rotatable bonds is 9. The first-order valence-electron chi connectivity index (χ1n) is 13.7. The topological polar surface area (TPSA) is 57.0 Å². The normalized spacial score (nSPS) is 11.0. The van der Waals surface area contributed by atoms with Gasteiger partial charge in [0.1, 0.15) is 12.4 Å². The maximum atomic E-state index is 15.3. The van der Waals surface area contributed by atoms with Gasteiger partial charge >= 0.3 is 0 Å². The van der Waals surface area contributed by atoms with E-state index in [0.29, 0.717) is 35.6 Å². The Kier molecular flexibility index (Phi) is 8.01. The van der Waals surface area contributed by atoms with E-state index in [0.717, 1.165) is 27.3 Å². The summed E-state index contributed by atoms with van der Waals surface area (Å²) in [5.41, 5.74) is 5.13. The molecule has 3 aromatic carbocycles. The zero-order valence-corrected chi connectivity index (χ0v) is 23.9. The first kappa shape index (κ1) is 27.3. The highest BCUT2D eigenvalue weighted by Crippen LogP contribution is 2.35. The Morgan fingerprint density at radius 1 is 0.881 bits per heavy atom. The van der Waals surface area contributed by atoms with Gasteiger partial charge in [-0.25, -0.2) is 9.37 Å². The summed E-state index contributed by atoms with van der Waals surface area (Å²) in [5.74, 6) is -0.0593. The van der Waals surface area contributed by atoms with E-state index in [9.17, 15) is 4.79 Å². The quantitative estimate of drug-likeness (QED) is 0.176. The van der Waals surface area contributed by atoms with Gasteiger partial charge in [-0.05, 0) is 54.8 Å². The summed E-state index contributed by atoms with van der Waals surface area (Å²) in [7, 11) is 0. The van der Waals surface area contributed by atoms with Gasteiger partial charge in [0.05, 0.1) is 22.5 Å². The Balaban J connectivity index is 1.46. The molecule has 5 nitrogen and oxygen atoms in total. The minimum absolute atomic E-state index is 0.0717. The van der Waals surface area contributed by atoms with Gasteiger partial charge in [-0.3, -0.25) is 14.3 Å². The first-order valence-corrected chi connectivity index (χ1v) is 14.6. The number of nitrogens with zero attached hydrogens (tertiary/aromatic N) is 3. The zero-order chi connectivity index (χ0) is 28.9. The lowest BCUT2D eigenvalue weighted by Gasteiger charge is -2.18. The molecule has 0 unspecified atom stereocenters. The monoisotopic (exact) mass is 573 g/mol. The highest BCUT2D eigenvalue weighted by atomic mass is 32.1. The molecule has 42 heavy (non-hydrogen) atoms. The van der Waals surface area contributed by atoms with Crippen molar-refractivity contribution in [2.45, 2.75) is 26.5 Å². The van der Waals surface area contributed by atoms with Crippen LogP contribution in [0, 0.1) is 12.7 Å². The summed E-state index contributed by atoms with van der Waals surface area (Å²) < 4.78 is 23.0. The standard InChI is InChI=1S/C35H28FN3O2S/c1-24-32(31-21-27(23-42-31)30-17-8-9-19-37-30)35(40)39(20-18-25-11-4-2-5-12-25)34(38-24)28-15-10-16-29(36)33(28)41-22-26-13-6-3-7-14-26/h2-17,19,21,23H,18,20,22H2,1H3. The third-order valence-corrected chi connectivity index (χ3v) is 8.01. The van der Waals surface area contributed by atoms with Crippen LogP contribution in [0.2, 0.25) is 0 Å². The second-order valence-corrected chi connectivity index (χ2v) is 10.8. The summed E-state index contributed by atoms with van der Waals surface area (Å²) in [6.07, 6.45) is 2.36. The maximum Gasteiger partial charge on any atom is 0.262 e. The summed E-state index contributed by atoms with van der Waals surface area (Å²) in [6.45, 7) is 2.38. The van der Waals surface area contributed by atoms with E-state index < -0.39 is 5.82 Å². The fourth-order valence-corrected chi connectivity index (χ4v) is 5.93. The Bertz CT molecular complexity index is 1870. The van der Waals surface area contributed by atoms with Gasteiger partial charge in [-0.15, -0.1) is 11.3 Å². The van der Waals surface area contributed by atoms with Crippen molar-refractivity contribution < 1.29 is 9.13 Å². The number of halogens is 1. The van der Waals surface area contributed by atoms with E-state index in [1.54, 1.807) is 22.9 Å². The lowest BCUT2D eigenvalue weighted by molar-refractivity contribution is 0.291. The minimum Gasteiger partial charge on any atom is -0.485 e. The minimum atomic E-state index is -0.507. The largest absolute Gasteiger partial charge is 0.485 e.